The highest BCUT2D eigenvalue weighted by Gasteiger charge is 2.46. The molecular formula is C25H24N4O4. The maximum absolute atomic E-state index is 12.4. The number of likely N-dealkylation sites (tertiary alicyclic amines) is 1. The number of nitrogens with zero attached hydrogens (tertiary/aromatic N) is 4. The molecule has 1 saturated heterocycles. The minimum atomic E-state index is -0.0517. The van der Waals surface area contributed by atoms with E-state index in [2.05, 4.69) is 16.2 Å². The van der Waals surface area contributed by atoms with E-state index in [0.717, 1.165) is 23.1 Å². The molecule has 8 nitrogen and oxygen atoms in total. The Bertz CT molecular complexity index is 1260. The second-order valence-corrected chi connectivity index (χ2v) is 8.71. The van der Waals surface area contributed by atoms with E-state index in [1.807, 2.05) is 32.0 Å². The Morgan fingerprint density at radius 2 is 2.15 bits per heavy atom. The Labute approximate surface area is 191 Å². The second kappa shape index (κ2) is 8.34. The van der Waals surface area contributed by atoms with Crippen LogP contribution in [0, 0.1) is 17.2 Å². The van der Waals surface area contributed by atoms with Crippen LogP contribution in [0.5, 0.6) is 5.75 Å². The summed E-state index contributed by atoms with van der Waals surface area (Å²) in [5.41, 5.74) is 4.14. The van der Waals surface area contributed by atoms with Crippen LogP contribution >= 0.6 is 0 Å². The van der Waals surface area contributed by atoms with Crippen LogP contribution < -0.4 is 4.74 Å². The summed E-state index contributed by atoms with van der Waals surface area (Å²) in [5, 5.41) is 23.1. The van der Waals surface area contributed by atoms with Crippen LogP contribution in [0.25, 0.3) is 22.8 Å². The molecular weight excluding hydrogens is 420 g/mol. The number of benzene rings is 2. The number of β-amino-alcohol motifs (C(OH)–C–C–N with tert-alkyl or cyclic N) is 1. The number of aromatic nitrogens is 2. The maximum Gasteiger partial charge on any atom is 0.258 e. The van der Waals surface area contributed by atoms with Gasteiger partial charge in [-0.15, -0.1) is 0 Å². The van der Waals surface area contributed by atoms with Gasteiger partial charge in [-0.2, -0.15) is 10.2 Å². The Kier molecular flexibility index (Phi) is 5.35. The van der Waals surface area contributed by atoms with E-state index in [4.69, 9.17) is 9.26 Å². The zero-order chi connectivity index (χ0) is 23.1. The van der Waals surface area contributed by atoms with Gasteiger partial charge >= 0.3 is 0 Å². The molecule has 1 amide bonds. The Morgan fingerprint density at radius 1 is 1.30 bits per heavy atom. The SMILES string of the molecule is CC(C)Oc1ccc(-c2nc(-c3cccc4c3C[C@@H]3CC(=O)N(CCO)C43)no2)cc1C#N. The third-order valence-electron chi connectivity index (χ3n) is 6.25. The molecule has 0 bridgehead atoms. The normalized spacial score (nSPS) is 19.0. The number of aliphatic hydroxyl groups excluding tert-OH is 1. The van der Waals surface area contributed by atoms with Crippen molar-refractivity contribution in [1.82, 2.24) is 15.0 Å². The first-order valence-electron chi connectivity index (χ1n) is 11.1. The van der Waals surface area contributed by atoms with Crippen molar-refractivity contribution in [3.63, 3.8) is 0 Å². The zero-order valence-corrected chi connectivity index (χ0v) is 18.5. The molecule has 1 N–H and O–H groups in total. The molecule has 1 aromatic heterocycles. The first-order valence-corrected chi connectivity index (χ1v) is 11.1. The van der Waals surface area contributed by atoms with Gasteiger partial charge in [0.2, 0.25) is 11.7 Å². The fraction of sp³-hybridized carbons (Fsp3) is 0.360. The molecule has 1 aliphatic heterocycles. The van der Waals surface area contributed by atoms with Crippen LogP contribution in [0.3, 0.4) is 0 Å². The molecule has 0 radical (unpaired) electrons. The van der Waals surface area contributed by atoms with Crippen LogP contribution in [-0.4, -0.2) is 45.3 Å². The number of carbonyl (C=O) groups excluding carboxylic acids is 1. The third-order valence-corrected chi connectivity index (χ3v) is 6.25. The predicted octanol–water partition coefficient (Wildman–Crippen LogP) is 3.50. The minimum Gasteiger partial charge on any atom is -0.490 e. The molecule has 2 atom stereocenters. The maximum atomic E-state index is 12.4. The average molecular weight is 444 g/mol. The smallest absolute Gasteiger partial charge is 0.258 e. The van der Waals surface area contributed by atoms with E-state index in [9.17, 15) is 15.2 Å². The van der Waals surface area contributed by atoms with Gasteiger partial charge in [-0.3, -0.25) is 4.79 Å². The molecule has 33 heavy (non-hydrogen) atoms. The third kappa shape index (κ3) is 3.64. The van der Waals surface area contributed by atoms with Crippen molar-refractivity contribution in [2.75, 3.05) is 13.2 Å². The average Bonchev–Trinajstić information content (AvgIpc) is 3.49. The predicted molar refractivity (Wildman–Crippen MR) is 119 cm³/mol. The summed E-state index contributed by atoms with van der Waals surface area (Å²) in [7, 11) is 0. The summed E-state index contributed by atoms with van der Waals surface area (Å²) >= 11 is 0. The number of rotatable bonds is 6. The van der Waals surface area contributed by atoms with Gasteiger partial charge in [0, 0.05) is 24.1 Å². The highest BCUT2D eigenvalue weighted by Crippen LogP contribution is 2.49. The fourth-order valence-electron chi connectivity index (χ4n) is 4.98. The van der Waals surface area contributed by atoms with E-state index in [-0.39, 0.29) is 30.6 Å². The van der Waals surface area contributed by atoms with Crippen molar-refractivity contribution >= 4 is 5.91 Å². The molecule has 0 saturated carbocycles. The number of nitriles is 1. The molecule has 0 spiro atoms. The van der Waals surface area contributed by atoms with Gasteiger partial charge in [0.15, 0.2) is 0 Å². The lowest BCUT2D eigenvalue weighted by Gasteiger charge is -2.24. The molecule has 1 fully saturated rings. The van der Waals surface area contributed by atoms with Crippen molar-refractivity contribution in [2.24, 2.45) is 5.92 Å². The summed E-state index contributed by atoms with van der Waals surface area (Å²) < 4.78 is 11.2. The lowest BCUT2D eigenvalue weighted by molar-refractivity contribution is -0.129. The molecule has 1 aliphatic carbocycles. The number of carbonyl (C=O) groups is 1. The first-order chi connectivity index (χ1) is 16.0. The minimum absolute atomic E-state index is 0.0161. The Morgan fingerprint density at radius 3 is 2.91 bits per heavy atom. The van der Waals surface area contributed by atoms with Gasteiger partial charge in [0.25, 0.3) is 5.89 Å². The summed E-state index contributed by atoms with van der Waals surface area (Å²) in [6.45, 7) is 4.10. The zero-order valence-electron chi connectivity index (χ0n) is 18.5. The molecule has 168 valence electrons. The fourth-order valence-corrected chi connectivity index (χ4v) is 4.98. The van der Waals surface area contributed by atoms with Gasteiger partial charge in [-0.1, -0.05) is 23.4 Å². The number of amides is 1. The number of aliphatic hydroxyl groups is 1. The van der Waals surface area contributed by atoms with E-state index in [1.54, 1.807) is 23.1 Å². The molecule has 3 aromatic rings. The van der Waals surface area contributed by atoms with Crippen molar-refractivity contribution in [3.8, 4) is 34.7 Å². The molecule has 1 unspecified atom stereocenters. The number of hydrogen-bond donors (Lipinski definition) is 1. The van der Waals surface area contributed by atoms with Crippen LogP contribution in [0.15, 0.2) is 40.9 Å². The summed E-state index contributed by atoms with van der Waals surface area (Å²) in [6.07, 6.45) is 1.20. The summed E-state index contributed by atoms with van der Waals surface area (Å²) in [5.74, 6) is 1.60. The lowest BCUT2D eigenvalue weighted by atomic mass is 10.0. The summed E-state index contributed by atoms with van der Waals surface area (Å²) in [4.78, 5) is 18.8. The van der Waals surface area contributed by atoms with Gasteiger partial charge in [0.1, 0.15) is 11.8 Å². The largest absolute Gasteiger partial charge is 0.490 e. The number of fused-ring (bicyclic) bond motifs is 3. The van der Waals surface area contributed by atoms with Crippen molar-refractivity contribution in [3.05, 3.63) is 53.1 Å². The van der Waals surface area contributed by atoms with Crippen molar-refractivity contribution < 1.29 is 19.2 Å². The van der Waals surface area contributed by atoms with Gasteiger partial charge in [-0.25, -0.2) is 0 Å². The van der Waals surface area contributed by atoms with Gasteiger partial charge in [-0.05, 0) is 55.5 Å². The van der Waals surface area contributed by atoms with E-state index in [0.29, 0.717) is 41.6 Å². The molecule has 8 heteroatoms. The quantitative estimate of drug-likeness (QED) is 0.619. The van der Waals surface area contributed by atoms with Gasteiger partial charge in [0.05, 0.1) is 24.3 Å². The van der Waals surface area contributed by atoms with Crippen molar-refractivity contribution in [2.45, 2.75) is 38.8 Å². The lowest BCUT2D eigenvalue weighted by Crippen LogP contribution is -2.30. The van der Waals surface area contributed by atoms with Crippen LogP contribution in [0.1, 0.15) is 43.0 Å². The van der Waals surface area contributed by atoms with E-state index < -0.39 is 0 Å². The monoisotopic (exact) mass is 444 g/mol. The van der Waals surface area contributed by atoms with Crippen LogP contribution in [0.2, 0.25) is 0 Å². The Balaban J connectivity index is 1.48. The van der Waals surface area contributed by atoms with Crippen LogP contribution in [-0.2, 0) is 11.2 Å². The van der Waals surface area contributed by atoms with Gasteiger partial charge < -0.3 is 19.3 Å². The first kappa shape index (κ1) is 21.2. The summed E-state index contributed by atoms with van der Waals surface area (Å²) in [6, 6.07) is 13.3. The number of hydrogen-bond acceptors (Lipinski definition) is 7. The van der Waals surface area contributed by atoms with E-state index in [1.165, 1.54) is 0 Å². The van der Waals surface area contributed by atoms with E-state index >= 15 is 0 Å². The molecule has 5 rings (SSSR count). The standard InChI is InChI=1S/C25H24N4O4/c1-14(2)32-21-7-6-15(10-17(21)13-26)25-27-24(28-33-25)19-5-3-4-18-20(19)11-16-12-22(31)29(8-9-30)23(16)18/h3-7,10,14,16,23,30H,8-9,11-12H2,1-2H3/t16-,23?/m1/s1. The van der Waals surface area contributed by atoms with Crippen LogP contribution in [0.4, 0.5) is 0 Å². The molecule has 2 aromatic carbocycles. The topological polar surface area (TPSA) is 112 Å². The van der Waals surface area contributed by atoms with Crippen molar-refractivity contribution in [1.29, 1.82) is 5.26 Å². The highest BCUT2D eigenvalue weighted by molar-refractivity contribution is 5.81. The Hall–Kier alpha value is -3.70. The second-order valence-electron chi connectivity index (χ2n) is 8.71. The molecule has 2 heterocycles. The highest BCUT2D eigenvalue weighted by atomic mass is 16.5. The molecule has 2 aliphatic rings. The number of ether oxygens (including phenoxy) is 1.